The van der Waals surface area contributed by atoms with E-state index in [0.29, 0.717) is 19.3 Å². The predicted molar refractivity (Wildman–Crippen MR) is 125 cm³/mol. The quantitative estimate of drug-likeness (QED) is 0.411. The fourth-order valence-corrected chi connectivity index (χ4v) is 4.64. The largest absolute Gasteiger partial charge is 0.447 e. The number of carbonyl (C=O) groups is 3. The van der Waals surface area contributed by atoms with Crippen LogP contribution in [0.5, 0.6) is 0 Å². The van der Waals surface area contributed by atoms with Gasteiger partial charge in [0.1, 0.15) is 6.61 Å². The molecule has 4 unspecified atom stereocenters. The van der Waals surface area contributed by atoms with E-state index in [1.54, 1.807) is 0 Å². The van der Waals surface area contributed by atoms with E-state index in [-0.39, 0.29) is 24.1 Å². The van der Waals surface area contributed by atoms with Crippen LogP contribution in [0.25, 0.3) is 0 Å². The van der Waals surface area contributed by atoms with Crippen LogP contribution in [0, 0.1) is 0 Å². The molecule has 0 saturated carbocycles. The molecule has 1 aromatic rings. The number of aliphatic hydroxyl groups excluding tert-OH is 1. The van der Waals surface area contributed by atoms with Crippen molar-refractivity contribution in [2.45, 2.75) is 62.6 Å². The number of unbranched alkanes of at least 4 members (excludes halogenated alkanes) is 3. The maximum Gasteiger partial charge on any atom is 0.417 e. The predicted octanol–water partition coefficient (Wildman–Crippen LogP) is 2.47. The van der Waals surface area contributed by atoms with Gasteiger partial charge in [0.2, 0.25) is 0 Å². The zero-order valence-corrected chi connectivity index (χ0v) is 20.6. The van der Waals surface area contributed by atoms with Crippen molar-refractivity contribution in [1.29, 1.82) is 0 Å². The number of cyclic esters (lactones) is 1. The van der Waals surface area contributed by atoms with Crippen molar-refractivity contribution in [3.8, 4) is 0 Å². The van der Waals surface area contributed by atoms with Gasteiger partial charge >= 0.3 is 6.09 Å². The highest BCUT2D eigenvalue weighted by Crippen LogP contribution is 2.36. The van der Waals surface area contributed by atoms with Crippen molar-refractivity contribution in [1.82, 2.24) is 4.90 Å². The molecule has 2 N–H and O–H groups in total. The number of imide groups is 1. The third kappa shape index (κ3) is 6.11. The fourth-order valence-electron chi connectivity index (χ4n) is 4.12. The summed E-state index contributed by atoms with van der Waals surface area (Å²) in [4.78, 5) is 39.5. The van der Waals surface area contributed by atoms with Crippen LogP contribution in [-0.2, 0) is 30.2 Å². The van der Waals surface area contributed by atoms with Crippen molar-refractivity contribution in [2.75, 3.05) is 20.3 Å². The Balaban J connectivity index is 1.75. The van der Waals surface area contributed by atoms with E-state index >= 15 is 0 Å². The molecule has 2 aliphatic rings. The summed E-state index contributed by atoms with van der Waals surface area (Å²) >= 11 is 3.21. The summed E-state index contributed by atoms with van der Waals surface area (Å²) in [5, 5.41) is 20.0. The van der Waals surface area contributed by atoms with E-state index in [9.17, 15) is 19.5 Å². The van der Waals surface area contributed by atoms with Gasteiger partial charge in [-0.25, -0.2) is 9.69 Å². The molecule has 3 rings (SSSR count). The zero-order chi connectivity index (χ0) is 24.7. The normalized spacial score (nSPS) is 25.8. The van der Waals surface area contributed by atoms with Crippen LogP contribution in [0.15, 0.2) is 40.9 Å². The highest BCUT2D eigenvalue weighted by atomic mass is 79.9. The Labute approximate surface area is 206 Å². The van der Waals surface area contributed by atoms with Crippen molar-refractivity contribution < 1.29 is 38.8 Å². The number of aliphatic hydroxyl groups is 2. The topological polar surface area (TPSA) is 123 Å². The van der Waals surface area contributed by atoms with Crippen LogP contribution in [0.1, 0.15) is 37.7 Å². The van der Waals surface area contributed by atoms with E-state index in [1.165, 1.54) is 13.2 Å². The molecule has 9 nitrogen and oxygen atoms in total. The Hall–Kier alpha value is -2.11. The summed E-state index contributed by atoms with van der Waals surface area (Å²) in [5.74, 6) is -3.14. The van der Waals surface area contributed by atoms with Gasteiger partial charge in [0.05, 0.1) is 10.5 Å². The molecule has 186 valence electrons. The Morgan fingerprint density at radius 2 is 1.94 bits per heavy atom. The van der Waals surface area contributed by atoms with Crippen LogP contribution in [-0.4, -0.2) is 77.3 Å². The lowest BCUT2D eigenvalue weighted by atomic mass is 9.98. The van der Waals surface area contributed by atoms with Gasteiger partial charge in [0.25, 0.3) is 5.91 Å². The molecule has 1 aromatic carbocycles. The Morgan fingerprint density at radius 1 is 1.24 bits per heavy atom. The van der Waals surface area contributed by atoms with Crippen LogP contribution >= 0.6 is 15.9 Å². The molecular weight excluding hydrogens is 510 g/mol. The van der Waals surface area contributed by atoms with Crippen molar-refractivity contribution in [3.63, 3.8) is 0 Å². The molecule has 4 atom stereocenters. The number of methoxy groups -OCH3 is 1. The summed E-state index contributed by atoms with van der Waals surface area (Å²) in [6.45, 7) is 0.126. The summed E-state index contributed by atoms with van der Waals surface area (Å²) in [6, 6.07) is 8.80. The third-order valence-electron chi connectivity index (χ3n) is 5.95. The van der Waals surface area contributed by atoms with Gasteiger partial charge < -0.3 is 24.4 Å². The molecule has 2 aliphatic heterocycles. The number of nitrogens with zero attached hydrogens (tertiary/aromatic N) is 1. The number of halogens is 1. The number of hydrogen-bond acceptors (Lipinski definition) is 8. The molecule has 1 saturated heterocycles. The van der Waals surface area contributed by atoms with Gasteiger partial charge in [-0.15, -0.1) is 0 Å². The van der Waals surface area contributed by atoms with Gasteiger partial charge in [0.15, 0.2) is 23.8 Å². The maximum atomic E-state index is 13.4. The van der Waals surface area contributed by atoms with Crippen LogP contribution in [0.3, 0.4) is 0 Å². The van der Waals surface area contributed by atoms with Gasteiger partial charge in [-0.1, -0.05) is 43.2 Å². The first kappa shape index (κ1) is 26.5. The smallest absolute Gasteiger partial charge is 0.417 e. The summed E-state index contributed by atoms with van der Waals surface area (Å²) in [6.07, 6.45) is 0.813. The Morgan fingerprint density at radius 3 is 2.62 bits per heavy atom. The van der Waals surface area contributed by atoms with Crippen molar-refractivity contribution >= 4 is 33.7 Å². The van der Waals surface area contributed by atoms with Crippen molar-refractivity contribution in [2.24, 2.45) is 0 Å². The van der Waals surface area contributed by atoms with Gasteiger partial charge in [-0.3, -0.25) is 9.59 Å². The molecule has 1 fully saturated rings. The summed E-state index contributed by atoms with van der Waals surface area (Å²) in [5.41, 5.74) is 0.921. The molecule has 0 radical (unpaired) electrons. The molecule has 0 aromatic heterocycles. The van der Waals surface area contributed by atoms with Crippen LogP contribution in [0.4, 0.5) is 4.79 Å². The lowest BCUT2D eigenvalue weighted by Gasteiger charge is -2.38. The number of amides is 2. The van der Waals surface area contributed by atoms with Gasteiger partial charge in [-0.05, 0) is 46.8 Å². The van der Waals surface area contributed by atoms with E-state index in [2.05, 4.69) is 15.9 Å². The first-order chi connectivity index (χ1) is 16.3. The van der Waals surface area contributed by atoms with Crippen LogP contribution < -0.4 is 0 Å². The third-order valence-corrected chi connectivity index (χ3v) is 6.80. The number of benzene rings is 1. The van der Waals surface area contributed by atoms with Gasteiger partial charge in [-0.2, -0.15) is 0 Å². The first-order valence-electron chi connectivity index (χ1n) is 11.3. The average molecular weight is 540 g/mol. The molecule has 0 spiro atoms. The number of rotatable bonds is 11. The van der Waals surface area contributed by atoms with Gasteiger partial charge in [0, 0.05) is 20.1 Å². The Bertz CT molecular complexity index is 907. The lowest BCUT2D eigenvalue weighted by molar-refractivity contribution is -0.227. The molecular formula is C24H30BrNO8. The fraction of sp³-hybridized carbons (Fsp3) is 0.542. The number of ketones is 1. The Kier molecular flexibility index (Phi) is 9.38. The molecule has 0 aliphatic carbocycles. The molecule has 2 amide bonds. The standard InChI is InChI=1S/C24H30BrNO8/c1-32-21(20-18(28)14-19(25)24(31,34-20)11-7-2-3-8-12-27)22(29)26-17(15-33-23(26)30)13-16-9-5-4-6-10-16/h4-6,9-10,14,17,20-21,27,31H,2-3,7-8,11-13,15H2,1H3. The zero-order valence-electron chi connectivity index (χ0n) is 19.0. The highest BCUT2D eigenvalue weighted by molar-refractivity contribution is 9.11. The number of carbonyl (C=O) groups excluding carboxylic acids is 3. The maximum absolute atomic E-state index is 13.4. The monoisotopic (exact) mass is 539 g/mol. The molecule has 2 heterocycles. The summed E-state index contributed by atoms with van der Waals surface area (Å²) < 4.78 is 16.4. The minimum absolute atomic E-state index is 0.0264. The van der Waals surface area contributed by atoms with E-state index in [4.69, 9.17) is 19.3 Å². The van der Waals surface area contributed by atoms with E-state index in [0.717, 1.165) is 23.3 Å². The molecule has 0 bridgehead atoms. The SMILES string of the molecule is COC(C(=O)N1C(=O)OCC1Cc1ccccc1)C1OC(O)(CCCCCCO)C(Br)=CC1=O. The lowest BCUT2D eigenvalue weighted by Crippen LogP contribution is -2.56. The highest BCUT2D eigenvalue weighted by Gasteiger charge is 2.50. The number of hydrogen-bond donors (Lipinski definition) is 2. The second-order valence-corrected chi connectivity index (χ2v) is 9.24. The van der Waals surface area contributed by atoms with Crippen LogP contribution in [0.2, 0.25) is 0 Å². The molecule has 34 heavy (non-hydrogen) atoms. The average Bonchev–Trinajstić information content (AvgIpc) is 3.18. The minimum atomic E-state index is -1.82. The van der Waals surface area contributed by atoms with Crippen molar-refractivity contribution in [3.05, 3.63) is 46.5 Å². The number of ether oxygens (including phenoxy) is 3. The minimum Gasteiger partial charge on any atom is -0.447 e. The molecule has 10 heteroatoms. The first-order valence-corrected chi connectivity index (χ1v) is 12.1. The second-order valence-electron chi connectivity index (χ2n) is 8.39. The second kappa shape index (κ2) is 12.0. The van der Waals surface area contributed by atoms with E-state index in [1.807, 2.05) is 30.3 Å². The summed E-state index contributed by atoms with van der Waals surface area (Å²) in [7, 11) is 1.24. The van der Waals surface area contributed by atoms with E-state index < -0.39 is 41.8 Å².